The van der Waals surface area contributed by atoms with Crippen molar-refractivity contribution < 1.29 is 4.79 Å². The molecule has 3 rings (SSSR count). The van der Waals surface area contributed by atoms with Gasteiger partial charge in [0.1, 0.15) is 0 Å². The summed E-state index contributed by atoms with van der Waals surface area (Å²) in [6.45, 7) is 0.467. The van der Waals surface area contributed by atoms with E-state index in [1.165, 1.54) is 0 Å². The van der Waals surface area contributed by atoms with Gasteiger partial charge in [0.05, 0.1) is 5.56 Å². The topological polar surface area (TPSA) is 57.8 Å². The average molecular weight is 286 g/mol. The number of H-pyrrole nitrogens is 1. The Morgan fingerprint density at radius 1 is 1.25 bits per heavy atom. The number of nitrogens with zero attached hydrogens (tertiary/aromatic N) is 1. The molecule has 4 nitrogen and oxygen atoms in total. The average Bonchev–Trinajstić information content (AvgIpc) is 2.89. The van der Waals surface area contributed by atoms with Crippen LogP contribution >= 0.6 is 11.6 Å². The number of fused-ring (bicyclic) bond motifs is 1. The predicted octanol–water partition coefficient (Wildman–Crippen LogP) is 3.15. The fraction of sp³-hybridized carbons (Fsp3) is 0.0667. The summed E-state index contributed by atoms with van der Waals surface area (Å²) in [7, 11) is 0. The number of halogens is 1. The summed E-state index contributed by atoms with van der Waals surface area (Å²) in [4.78, 5) is 19.2. The van der Waals surface area contributed by atoms with Gasteiger partial charge in [-0.15, -0.1) is 0 Å². The summed E-state index contributed by atoms with van der Waals surface area (Å²) >= 11 is 5.97. The quantitative estimate of drug-likeness (QED) is 0.777. The molecule has 5 heteroatoms. The van der Waals surface area contributed by atoms with Gasteiger partial charge in [-0.1, -0.05) is 11.6 Å². The van der Waals surface area contributed by atoms with Crippen LogP contribution in [-0.4, -0.2) is 15.9 Å². The molecule has 3 aromatic rings. The smallest absolute Gasteiger partial charge is 0.253 e. The van der Waals surface area contributed by atoms with Crippen molar-refractivity contribution in [1.82, 2.24) is 15.3 Å². The number of hydrogen-bond acceptors (Lipinski definition) is 2. The van der Waals surface area contributed by atoms with Crippen molar-refractivity contribution in [2.75, 3.05) is 0 Å². The van der Waals surface area contributed by atoms with Crippen molar-refractivity contribution >= 4 is 28.4 Å². The standard InChI is InChI=1S/C15H12ClN3O/c16-11-1-2-14-12(7-11)13(9-18-14)15(20)19-8-10-3-5-17-6-4-10/h1-7,9,18H,8H2,(H,19,20). The SMILES string of the molecule is O=C(NCc1ccncc1)c1c[nH]c2ccc(Cl)cc12. The monoisotopic (exact) mass is 285 g/mol. The second kappa shape index (κ2) is 5.35. The summed E-state index contributed by atoms with van der Waals surface area (Å²) in [5.41, 5.74) is 2.49. The number of carbonyl (C=O) groups is 1. The molecule has 100 valence electrons. The Labute approximate surface area is 120 Å². The van der Waals surface area contributed by atoms with E-state index in [0.29, 0.717) is 17.1 Å². The van der Waals surface area contributed by atoms with Crippen LogP contribution in [0.5, 0.6) is 0 Å². The second-order valence-electron chi connectivity index (χ2n) is 4.43. The lowest BCUT2D eigenvalue weighted by Gasteiger charge is -2.04. The molecule has 0 fully saturated rings. The van der Waals surface area contributed by atoms with Gasteiger partial charge in [-0.25, -0.2) is 0 Å². The number of aromatic amines is 1. The molecule has 0 bridgehead atoms. The van der Waals surface area contributed by atoms with Gasteiger partial charge < -0.3 is 10.3 Å². The molecule has 0 spiro atoms. The van der Waals surface area contributed by atoms with Gasteiger partial charge in [-0.05, 0) is 35.9 Å². The van der Waals surface area contributed by atoms with Crippen LogP contribution in [0.2, 0.25) is 5.02 Å². The van der Waals surface area contributed by atoms with Gasteiger partial charge in [-0.3, -0.25) is 9.78 Å². The van der Waals surface area contributed by atoms with Crippen molar-refractivity contribution in [2.24, 2.45) is 0 Å². The zero-order valence-corrected chi connectivity index (χ0v) is 11.3. The van der Waals surface area contributed by atoms with Crippen LogP contribution in [0.1, 0.15) is 15.9 Å². The molecule has 0 aliphatic carbocycles. The Hall–Kier alpha value is -2.33. The second-order valence-corrected chi connectivity index (χ2v) is 4.87. The molecule has 1 aromatic carbocycles. The van der Waals surface area contributed by atoms with Gasteiger partial charge in [0.15, 0.2) is 0 Å². The Kier molecular flexibility index (Phi) is 3.39. The van der Waals surface area contributed by atoms with E-state index in [4.69, 9.17) is 11.6 Å². The van der Waals surface area contributed by atoms with E-state index in [2.05, 4.69) is 15.3 Å². The van der Waals surface area contributed by atoms with Gasteiger partial charge in [-0.2, -0.15) is 0 Å². The molecular weight excluding hydrogens is 274 g/mol. The molecule has 0 saturated heterocycles. The van der Waals surface area contributed by atoms with Gasteiger partial charge in [0, 0.05) is 41.1 Å². The van der Waals surface area contributed by atoms with Crippen LogP contribution in [0.4, 0.5) is 0 Å². The molecule has 2 heterocycles. The first-order valence-corrected chi connectivity index (χ1v) is 6.55. The van der Waals surface area contributed by atoms with E-state index in [1.54, 1.807) is 30.7 Å². The van der Waals surface area contributed by atoms with E-state index in [9.17, 15) is 4.79 Å². The van der Waals surface area contributed by atoms with Crippen LogP contribution in [0.25, 0.3) is 10.9 Å². The highest BCUT2D eigenvalue weighted by molar-refractivity contribution is 6.31. The summed E-state index contributed by atoms with van der Waals surface area (Å²) in [5, 5.41) is 4.32. The van der Waals surface area contributed by atoms with E-state index in [1.807, 2.05) is 18.2 Å². The zero-order valence-electron chi connectivity index (χ0n) is 10.6. The minimum absolute atomic E-state index is 0.129. The van der Waals surface area contributed by atoms with Crippen molar-refractivity contribution in [2.45, 2.75) is 6.54 Å². The lowest BCUT2D eigenvalue weighted by Crippen LogP contribution is -2.22. The number of pyridine rings is 1. The summed E-state index contributed by atoms with van der Waals surface area (Å²) in [6.07, 6.45) is 5.10. The van der Waals surface area contributed by atoms with Crippen LogP contribution in [-0.2, 0) is 6.54 Å². The maximum Gasteiger partial charge on any atom is 0.253 e. The third-order valence-corrected chi connectivity index (χ3v) is 3.33. The molecule has 0 radical (unpaired) electrons. The molecule has 0 atom stereocenters. The highest BCUT2D eigenvalue weighted by Gasteiger charge is 2.11. The molecule has 20 heavy (non-hydrogen) atoms. The highest BCUT2D eigenvalue weighted by atomic mass is 35.5. The van der Waals surface area contributed by atoms with E-state index in [-0.39, 0.29) is 5.91 Å². The van der Waals surface area contributed by atoms with Crippen molar-refractivity contribution in [3.63, 3.8) is 0 Å². The number of amides is 1. The van der Waals surface area contributed by atoms with Crippen LogP contribution in [0.3, 0.4) is 0 Å². The van der Waals surface area contributed by atoms with E-state index in [0.717, 1.165) is 16.5 Å². The van der Waals surface area contributed by atoms with Crippen LogP contribution < -0.4 is 5.32 Å². The number of rotatable bonds is 3. The molecule has 2 aromatic heterocycles. The van der Waals surface area contributed by atoms with Crippen LogP contribution in [0, 0.1) is 0 Å². The molecular formula is C15H12ClN3O. The predicted molar refractivity (Wildman–Crippen MR) is 78.7 cm³/mol. The minimum atomic E-state index is -0.129. The number of benzene rings is 1. The first-order valence-electron chi connectivity index (χ1n) is 6.18. The summed E-state index contributed by atoms with van der Waals surface area (Å²) in [5.74, 6) is -0.129. The van der Waals surface area contributed by atoms with E-state index >= 15 is 0 Å². The lowest BCUT2D eigenvalue weighted by molar-refractivity contribution is 0.0952. The zero-order chi connectivity index (χ0) is 13.9. The van der Waals surface area contributed by atoms with Gasteiger partial charge >= 0.3 is 0 Å². The Morgan fingerprint density at radius 3 is 2.85 bits per heavy atom. The van der Waals surface area contributed by atoms with Gasteiger partial charge in [0.2, 0.25) is 0 Å². The first kappa shape index (κ1) is 12.7. The number of carbonyl (C=O) groups excluding carboxylic acids is 1. The maximum atomic E-state index is 12.2. The molecule has 0 saturated carbocycles. The largest absolute Gasteiger partial charge is 0.360 e. The molecule has 0 aliphatic heterocycles. The molecule has 1 amide bonds. The third kappa shape index (κ3) is 2.51. The first-order chi connectivity index (χ1) is 9.74. The van der Waals surface area contributed by atoms with Crippen molar-refractivity contribution in [3.05, 3.63) is 65.1 Å². The minimum Gasteiger partial charge on any atom is -0.360 e. The number of hydrogen-bond donors (Lipinski definition) is 2. The number of nitrogens with one attached hydrogen (secondary N) is 2. The lowest BCUT2D eigenvalue weighted by atomic mass is 10.1. The van der Waals surface area contributed by atoms with E-state index < -0.39 is 0 Å². The van der Waals surface area contributed by atoms with Gasteiger partial charge in [0.25, 0.3) is 5.91 Å². The Bertz CT molecular complexity index is 752. The Morgan fingerprint density at radius 2 is 2.05 bits per heavy atom. The maximum absolute atomic E-state index is 12.2. The Balaban J connectivity index is 1.80. The van der Waals surface area contributed by atoms with Crippen molar-refractivity contribution in [1.29, 1.82) is 0 Å². The van der Waals surface area contributed by atoms with Crippen LogP contribution in [0.15, 0.2) is 48.9 Å². The molecule has 0 unspecified atom stereocenters. The third-order valence-electron chi connectivity index (χ3n) is 3.09. The summed E-state index contributed by atoms with van der Waals surface area (Å²) < 4.78 is 0. The number of aromatic nitrogens is 2. The fourth-order valence-corrected chi connectivity index (χ4v) is 2.23. The normalized spacial score (nSPS) is 10.7. The highest BCUT2D eigenvalue weighted by Crippen LogP contribution is 2.22. The summed E-state index contributed by atoms with van der Waals surface area (Å²) in [6, 6.07) is 9.17. The fourth-order valence-electron chi connectivity index (χ4n) is 2.06. The molecule has 2 N–H and O–H groups in total. The molecule has 0 aliphatic rings. The van der Waals surface area contributed by atoms with Crippen molar-refractivity contribution in [3.8, 4) is 0 Å².